The first-order valence-electron chi connectivity index (χ1n) is 4.41. The summed E-state index contributed by atoms with van der Waals surface area (Å²) < 4.78 is 1.88. The van der Waals surface area contributed by atoms with Crippen LogP contribution < -0.4 is 0 Å². The van der Waals surface area contributed by atoms with Gasteiger partial charge in [0.25, 0.3) is 0 Å². The van der Waals surface area contributed by atoms with E-state index in [0.717, 1.165) is 5.82 Å². The SMILES string of the molecule is CC(C(=O)O)N(C)Cc1nccn1C. The smallest absolute Gasteiger partial charge is 0.320 e. The molecule has 0 amide bonds. The van der Waals surface area contributed by atoms with Gasteiger partial charge >= 0.3 is 5.97 Å². The molecular formula is C9H15N3O2. The van der Waals surface area contributed by atoms with E-state index in [1.54, 1.807) is 25.1 Å². The van der Waals surface area contributed by atoms with Gasteiger partial charge in [-0.25, -0.2) is 4.98 Å². The highest BCUT2D eigenvalue weighted by atomic mass is 16.4. The Morgan fingerprint density at radius 3 is 2.86 bits per heavy atom. The highest BCUT2D eigenvalue weighted by Crippen LogP contribution is 2.03. The van der Waals surface area contributed by atoms with E-state index in [-0.39, 0.29) is 0 Å². The van der Waals surface area contributed by atoms with E-state index in [9.17, 15) is 4.79 Å². The Hall–Kier alpha value is -1.36. The molecule has 0 fully saturated rings. The molecule has 0 aliphatic carbocycles. The molecule has 1 N–H and O–H groups in total. The van der Waals surface area contributed by atoms with Gasteiger partial charge in [0, 0.05) is 19.4 Å². The van der Waals surface area contributed by atoms with Crippen molar-refractivity contribution >= 4 is 5.97 Å². The molecule has 0 saturated heterocycles. The molecule has 0 radical (unpaired) electrons. The Bertz CT molecular complexity index is 322. The number of likely N-dealkylation sites (N-methyl/N-ethyl adjacent to an activating group) is 1. The molecular weight excluding hydrogens is 182 g/mol. The quantitative estimate of drug-likeness (QED) is 0.755. The number of rotatable bonds is 4. The summed E-state index contributed by atoms with van der Waals surface area (Å²) in [6, 6.07) is -0.494. The zero-order chi connectivity index (χ0) is 10.7. The molecule has 5 nitrogen and oxygen atoms in total. The maximum atomic E-state index is 10.7. The van der Waals surface area contributed by atoms with Crippen molar-refractivity contribution in [2.75, 3.05) is 7.05 Å². The summed E-state index contributed by atoms with van der Waals surface area (Å²) in [4.78, 5) is 16.6. The number of carbonyl (C=O) groups is 1. The molecule has 0 aromatic carbocycles. The lowest BCUT2D eigenvalue weighted by atomic mass is 10.3. The third-order valence-corrected chi connectivity index (χ3v) is 2.33. The Morgan fingerprint density at radius 2 is 2.43 bits per heavy atom. The van der Waals surface area contributed by atoms with E-state index < -0.39 is 12.0 Å². The first-order valence-corrected chi connectivity index (χ1v) is 4.41. The monoisotopic (exact) mass is 197 g/mol. The number of aryl methyl sites for hydroxylation is 1. The summed E-state index contributed by atoms with van der Waals surface area (Å²) in [5, 5.41) is 8.78. The fourth-order valence-corrected chi connectivity index (χ4v) is 1.10. The second kappa shape index (κ2) is 4.23. The molecule has 1 rings (SSSR count). The zero-order valence-electron chi connectivity index (χ0n) is 8.64. The summed E-state index contributed by atoms with van der Waals surface area (Å²) in [5.41, 5.74) is 0. The van der Waals surface area contributed by atoms with Gasteiger partial charge in [-0.05, 0) is 14.0 Å². The number of nitrogens with zero attached hydrogens (tertiary/aromatic N) is 3. The normalized spacial score (nSPS) is 13.1. The van der Waals surface area contributed by atoms with Crippen LogP contribution in [0.2, 0.25) is 0 Å². The number of aliphatic carboxylic acids is 1. The van der Waals surface area contributed by atoms with E-state index in [4.69, 9.17) is 5.11 Å². The third-order valence-electron chi connectivity index (χ3n) is 2.33. The number of aromatic nitrogens is 2. The molecule has 1 atom stereocenters. The van der Waals surface area contributed by atoms with Crippen LogP contribution in [-0.2, 0) is 18.4 Å². The van der Waals surface area contributed by atoms with Gasteiger partial charge in [0.1, 0.15) is 11.9 Å². The predicted molar refractivity (Wildman–Crippen MR) is 51.8 cm³/mol. The van der Waals surface area contributed by atoms with E-state index >= 15 is 0 Å². The number of imidazole rings is 1. The molecule has 0 spiro atoms. The molecule has 0 saturated carbocycles. The molecule has 1 unspecified atom stereocenters. The lowest BCUT2D eigenvalue weighted by molar-refractivity contribution is -0.142. The minimum atomic E-state index is -0.818. The van der Waals surface area contributed by atoms with Crippen molar-refractivity contribution in [3.8, 4) is 0 Å². The molecule has 1 aromatic rings. The summed E-state index contributed by atoms with van der Waals surface area (Å²) >= 11 is 0. The third kappa shape index (κ3) is 2.32. The lowest BCUT2D eigenvalue weighted by Gasteiger charge is -2.20. The van der Waals surface area contributed by atoms with Gasteiger partial charge in [0.05, 0.1) is 6.54 Å². The van der Waals surface area contributed by atoms with Crippen molar-refractivity contribution in [2.24, 2.45) is 7.05 Å². The molecule has 1 heterocycles. The molecule has 78 valence electrons. The Balaban J connectivity index is 2.61. The predicted octanol–water partition coefficient (Wildman–Crippen LogP) is 0.325. The Morgan fingerprint density at radius 1 is 1.79 bits per heavy atom. The van der Waals surface area contributed by atoms with Gasteiger partial charge in [-0.15, -0.1) is 0 Å². The van der Waals surface area contributed by atoms with Crippen LogP contribution in [0.3, 0.4) is 0 Å². The summed E-state index contributed by atoms with van der Waals surface area (Å²) in [6.07, 6.45) is 3.54. The number of carboxylic acid groups (broad SMARTS) is 1. The van der Waals surface area contributed by atoms with Gasteiger partial charge in [-0.3, -0.25) is 9.69 Å². The second-order valence-corrected chi connectivity index (χ2v) is 3.38. The van der Waals surface area contributed by atoms with Crippen molar-refractivity contribution in [3.05, 3.63) is 18.2 Å². The van der Waals surface area contributed by atoms with E-state index in [0.29, 0.717) is 6.54 Å². The second-order valence-electron chi connectivity index (χ2n) is 3.38. The average molecular weight is 197 g/mol. The van der Waals surface area contributed by atoms with E-state index in [1.807, 2.05) is 17.8 Å². The molecule has 0 aliphatic heterocycles. The fraction of sp³-hybridized carbons (Fsp3) is 0.556. The van der Waals surface area contributed by atoms with Crippen molar-refractivity contribution in [2.45, 2.75) is 19.5 Å². The lowest BCUT2D eigenvalue weighted by Crippen LogP contribution is -2.35. The van der Waals surface area contributed by atoms with Gasteiger partial charge in [-0.1, -0.05) is 0 Å². The largest absolute Gasteiger partial charge is 0.480 e. The van der Waals surface area contributed by atoms with Crippen LogP contribution in [0, 0.1) is 0 Å². The van der Waals surface area contributed by atoms with Gasteiger partial charge in [0.15, 0.2) is 0 Å². The number of hydrogen-bond acceptors (Lipinski definition) is 3. The summed E-state index contributed by atoms with van der Waals surface area (Å²) in [7, 11) is 3.66. The van der Waals surface area contributed by atoms with Gasteiger partial charge in [0.2, 0.25) is 0 Å². The van der Waals surface area contributed by atoms with Crippen molar-refractivity contribution in [3.63, 3.8) is 0 Å². The number of hydrogen-bond donors (Lipinski definition) is 1. The maximum Gasteiger partial charge on any atom is 0.320 e. The number of carboxylic acids is 1. The summed E-state index contributed by atoms with van der Waals surface area (Å²) in [5.74, 6) is 0.0438. The Kier molecular flexibility index (Phi) is 3.24. The van der Waals surface area contributed by atoms with Gasteiger partial charge < -0.3 is 9.67 Å². The molecule has 1 aromatic heterocycles. The van der Waals surface area contributed by atoms with Crippen molar-refractivity contribution in [1.82, 2.24) is 14.5 Å². The Labute approximate surface area is 83.0 Å². The van der Waals surface area contributed by atoms with Gasteiger partial charge in [-0.2, -0.15) is 0 Å². The average Bonchev–Trinajstić information content (AvgIpc) is 2.50. The molecule has 5 heteroatoms. The fourth-order valence-electron chi connectivity index (χ4n) is 1.10. The highest BCUT2D eigenvalue weighted by Gasteiger charge is 2.17. The minimum Gasteiger partial charge on any atom is -0.480 e. The summed E-state index contributed by atoms with van der Waals surface area (Å²) in [6.45, 7) is 2.20. The topological polar surface area (TPSA) is 58.4 Å². The van der Waals surface area contributed by atoms with Crippen LogP contribution in [0.5, 0.6) is 0 Å². The van der Waals surface area contributed by atoms with Crippen LogP contribution in [0.1, 0.15) is 12.7 Å². The van der Waals surface area contributed by atoms with Crippen LogP contribution >= 0.6 is 0 Å². The van der Waals surface area contributed by atoms with Crippen LogP contribution in [-0.4, -0.2) is 38.6 Å². The van der Waals surface area contributed by atoms with E-state index in [2.05, 4.69) is 4.98 Å². The van der Waals surface area contributed by atoms with Crippen LogP contribution in [0.15, 0.2) is 12.4 Å². The molecule has 0 bridgehead atoms. The zero-order valence-corrected chi connectivity index (χ0v) is 8.64. The standard InChI is InChI=1S/C9H15N3O2/c1-7(9(13)14)12(3)6-8-10-4-5-11(8)2/h4-5,7H,6H2,1-3H3,(H,13,14). The van der Waals surface area contributed by atoms with Crippen LogP contribution in [0.4, 0.5) is 0 Å². The first kappa shape index (κ1) is 10.7. The highest BCUT2D eigenvalue weighted by molar-refractivity contribution is 5.72. The molecule has 0 aliphatic rings. The van der Waals surface area contributed by atoms with Crippen molar-refractivity contribution in [1.29, 1.82) is 0 Å². The van der Waals surface area contributed by atoms with Crippen LogP contribution in [0.25, 0.3) is 0 Å². The maximum absolute atomic E-state index is 10.7. The van der Waals surface area contributed by atoms with E-state index in [1.165, 1.54) is 0 Å². The molecule has 14 heavy (non-hydrogen) atoms. The first-order chi connectivity index (χ1) is 6.52. The van der Waals surface area contributed by atoms with Crippen molar-refractivity contribution < 1.29 is 9.90 Å². The minimum absolute atomic E-state index is 0.494.